The van der Waals surface area contributed by atoms with Crippen molar-refractivity contribution in [2.24, 2.45) is 0 Å². The highest BCUT2D eigenvalue weighted by atomic mass is 35.5. The summed E-state index contributed by atoms with van der Waals surface area (Å²) in [7, 11) is 0.228. The molecule has 2 aliphatic rings. The summed E-state index contributed by atoms with van der Waals surface area (Å²) in [4.78, 5) is 17.8. The topological polar surface area (TPSA) is 68.3 Å². The summed E-state index contributed by atoms with van der Waals surface area (Å²) >= 11 is 7.40. The number of hydrogen-bond donors (Lipinski definition) is 1. The van der Waals surface area contributed by atoms with Crippen molar-refractivity contribution >= 4 is 44.8 Å². The molecular formula is C20H19ClN2O3S2. The third kappa shape index (κ3) is 3.66. The zero-order valence-electron chi connectivity index (χ0n) is 15.2. The fourth-order valence-corrected chi connectivity index (χ4v) is 5.84. The summed E-state index contributed by atoms with van der Waals surface area (Å²) in [5, 5.41) is 3.87. The molecule has 1 N–H and O–H groups in total. The Morgan fingerprint density at radius 2 is 1.96 bits per heavy atom. The van der Waals surface area contributed by atoms with Crippen LogP contribution in [-0.2, 0) is 21.0 Å². The van der Waals surface area contributed by atoms with Gasteiger partial charge in [-0.2, -0.15) is 0 Å². The van der Waals surface area contributed by atoms with Crippen LogP contribution in [0.25, 0.3) is 0 Å². The van der Waals surface area contributed by atoms with Gasteiger partial charge in [0.2, 0.25) is 5.91 Å². The number of thiazole rings is 1. The fraction of sp³-hybridized carbons (Fsp3) is 0.300. The zero-order valence-corrected chi connectivity index (χ0v) is 17.6. The van der Waals surface area contributed by atoms with E-state index in [-0.39, 0.29) is 5.91 Å². The molecular weight excluding hydrogens is 416 g/mol. The van der Waals surface area contributed by atoms with Gasteiger partial charge in [-0.3, -0.25) is 4.79 Å². The van der Waals surface area contributed by atoms with Gasteiger partial charge in [-0.05, 0) is 43.4 Å². The third-order valence-electron chi connectivity index (χ3n) is 4.97. The first-order valence-corrected chi connectivity index (χ1v) is 11.3. The number of nitrogens with zero attached hydrogens (tertiary/aromatic N) is 1. The molecule has 1 atom stereocenters. The number of allylic oxidation sites excluding steroid dienone is 3. The Morgan fingerprint density at radius 1 is 1.25 bits per heavy atom. The Bertz CT molecular complexity index is 991. The van der Waals surface area contributed by atoms with Gasteiger partial charge < -0.3 is 10.1 Å². The Morgan fingerprint density at radius 3 is 2.61 bits per heavy atom. The number of benzene rings is 1. The Labute approximate surface area is 174 Å². The molecule has 0 radical (unpaired) electrons. The van der Waals surface area contributed by atoms with Crippen LogP contribution in [0.4, 0.5) is 5.13 Å². The van der Waals surface area contributed by atoms with E-state index in [1.807, 2.05) is 36.4 Å². The second-order valence-corrected chi connectivity index (χ2v) is 9.83. The van der Waals surface area contributed by atoms with Gasteiger partial charge in [-0.1, -0.05) is 47.2 Å². The van der Waals surface area contributed by atoms with E-state index in [0.717, 1.165) is 37.0 Å². The standard InChI is InChI=1S/C20H19ClN2O3S2/c1-26-14-8-6-13(7-9-14)20(10-11-20)18(24)23-19-22-12-17(27-19)28(25)16-5-3-2-4-15(16)21/h4-9,12H,2-3,10-11H2,1H3,(H,22,23,24). The molecule has 0 aliphatic heterocycles. The molecule has 0 spiro atoms. The number of ether oxygens (including phenoxy) is 1. The molecule has 5 nitrogen and oxygen atoms in total. The summed E-state index contributed by atoms with van der Waals surface area (Å²) in [6.07, 6.45) is 8.60. The number of hydrogen-bond acceptors (Lipinski definition) is 5. The van der Waals surface area contributed by atoms with Crippen LogP contribution in [0.3, 0.4) is 0 Å². The lowest BCUT2D eigenvalue weighted by Crippen LogP contribution is -2.27. The SMILES string of the molecule is COc1ccc(C2(C(=O)Nc3ncc(S(=O)C4=CCCC=C4Cl)s3)CC2)cc1. The van der Waals surface area contributed by atoms with Crippen molar-refractivity contribution in [2.45, 2.75) is 35.3 Å². The van der Waals surface area contributed by atoms with Crippen LogP contribution >= 0.6 is 22.9 Å². The molecule has 1 aromatic heterocycles. The van der Waals surface area contributed by atoms with Gasteiger partial charge in [0, 0.05) is 0 Å². The van der Waals surface area contributed by atoms with Crippen molar-refractivity contribution in [2.75, 3.05) is 12.4 Å². The van der Waals surface area contributed by atoms with Crippen molar-refractivity contribution in [1.82, 2.24) is 4.98 Å². The maximum Gasteiger partial charge on any atom is 0.236 e. The second-order valence-electron chi connectivity index (χ2n) is 6.72. The molecule has 28 heavy (non-hydrogen) atoms. The summed E-state index contributed by atoms with van der Waals surface area (Å²) in [6.45, 7) is 0. The van der Waals surface area contributed by atoms with Gasteiger partial charge in [0.05, 0.1) is 39.5 Å². The minimum Gasteiger partial charge on any atom is -0.497 e. The van der Waals surface area contributed by atoms with E-state index in [1.165, 1.54) is 11.3 Å². The molecule has 4 rings (SSSR count). The molecule has 2 aliphatic carbocycles. The Balaban J connectivity index is 1.48. The first-order chi connectivity index (χ1) is 13.5. The average Bonchev–Trinajstić information content (AvgIpc) is 3.41. The number of amides is 1. The van der Waals surface area contributed by atoms with E-state index in [0.29, 0.717) is 19.3 Å². The number of nitrogens with one attached hydrogen (secondary N) is 1. The maximum absolute atomic E-state index is 12.9. The van der Waals surface area contributed by atoms with Crippen LogP contribution in [-0.4, -0.2) is 22.2 Å². The van der Waals surface area contributed by atoms with Crippen LogP contribution in [0.5, 0.6) is 5.75 Å². The van der Waals surface area contributed by atoms with Gasteiger partial charge in [-0.15, -0.1) is 0 Å². The van der Waals surface area contributed by atoms with Crippen molar-refractivity contribution in [3.8, 4) is 5.75 Å². The van der Waals surface area contributed by atoms with E-state index in [4.69, 9.17) is 16.3 Å². The third-order valence-corrected chi connectivity index (χ3v) is 8.11. The quantitative estimate of drug-likeness (QED) is 0.713. The molecule has 1 aromatic carbocycles. The highest BCUT2D eigenvalue weighted by Crippen LogP contribution is 2.49. The number of carbonyl (C=O) groups is 1. The van der Waals surface area contributed by atoms with Crippen molar-refractivity contribution in [1.29, 1.82) is 0 Å². The molecule has 8 heteroatoms. The Kier molecular flexibility index (Phi) is 5.40. The lowest BCUT2D eigenvalue weighted by Gasteiger charge is -2.15. The lowest BCUT2D eigenvalue weighted by atomic mass is 9.95. The largest absolute Gasteiger partial charge is 0.497 e. The molecule has 146 valence electrons. The van der Waals surface area contributed by atoms with E-state index >= 15 is 0 Å². The maximum atomic E-state index is 12.9. The first-order valence-electron chi connectivity index (χ1n) is 8.93. The van der Waals surface area contributed by atoms with E-state index in [1.54, 1.807) is 13.3 Å². The number of aromatic nitrogens is 1. The number of methoxy groups -OCH3 is 1. The van der Waals surface area contributed by atoms with Gasteiger partial charge in [0.15, 0.2) is 5.13 Å². The molecule has 1 saturated carbocycles. The normalized spacial score (nSPS) is 18.6. The highest BCUT2D eigenvalue weighted by Gasteiger charge is 2.51. The van der Waals surface area contributed by atoms with E-state index in [9.17, 15) is 9.00 Å². The second kappa shape index (κ2) is 7.81. The van der Waals surface area contributed by atoms with Crippen molar-refractivity contribution < 1.29 is 13.7 Å². The highest BCUT2D eigenvalue weighted by molar-refractivity contribution is 7.91. The summed E-state index contributed by atoms with van der Waals surface area (Å²) in [6, 6.07) is 7.58. The number of anilines is 1. The minimum atomic E-state index is -1.39. The molecule has 1 heterocycles. The number of carbonyl (C=O) groups excluding carboxylic acids is 1. The number of halogens is 1. The van der Waals surface area contributed by atoms with Gasteiger partial charge >= 0.3 is 0 Å². The van der Waals surface area contributed by atoms with E-state index in [2.05, 4.69) is 10.3 Å². The zero-order chi connectivity index (χ0) is 19.7. The molecule has 1 unspecified atom stereocenters. The summed E-state index contributed by atoms with van der Waals surface area (Å²) in [5.74, 6) is 0.677. The lowest BCUT2D eigenvalue weighted by molar-refractivity contribution is -0.118. The van der Waals surface area contributed by atoms with Crippen molar-refractivity contribution in [3.05, 3.63) is 58.1 Å². The molecule has 2 aromatic rings. The minimum absolute atomic E-state index is 0.0841. The van der Waals surface area contributed by atoms with Gasteiger partial charge in [0.25, 0.3) is 0 Å². The smallest absolute Gasteiger partial charge is 0.236 e. The predicted molar refractivity (Wildman–Crippen MR) is 112 cm³/mol. The van der Waals surface area contributed by atoms with Crippen LogP contribution in [0, 0.1) is 0 Å². The van der Waals surface area contributed by atoms with Crippen molar-refractivity contribution in [3.63, 3.8) is 0 Å². The predicted octanol–water partition coefficient (Wildman–Crippen LogP) is 4.73. The summed E-state index contributed by atoms with van der Waals surface area (Å²) in [5.41, 5.74) is 0.449. The average molecular weight is 435 g/mol. The van der Waals surface area contributed by atoms with Crippen LogP contribution in [0.15, 0.2) is 56.8 Å². The van der Waals surface area contributed by atoms with Crippen LogP contribution < -0.4 is 10.1 Å². The van der Waals surface area contributed by atoms with Crippen LogP contribution in [0.2, 0.25) is 0 Å². The molecule has 0 saturated heterocycles. The molecule has 1 fully saturated rings. The van der Waals surface area contributed by atoms with E-state index < -0.39 is 16.2 Å². The molecule has 1 amide bonds. The summed E-state index contributed by atoms with van der Waals surface area (Å²) < 4.78 is 18.5. The fourth-order valence-electron chi connectivity index (χ4n) is 3.20. The Hall–Kier alpha value is -1.96. The van der Waals surface area contributed by atoms with Crippen LogP contribution in [0.1, 0.15) is 31.2 Å². The van der Waals surface area contributed by atoms with Gasteiger partial charge in [0.1, 0.15) is 9.96 Å². The van der Waals surface area contributed by atoms with Gasteiger partial charge in [-0.25, -0.2) is 9.19 Å². The number of rotatable bonds is 6. The first kappa shape index (κ1) is 19.4. The monoisotopic (exact) mass is 434 g/mol. The molecule has 0 bridgehead atoms.